The van der Waals surface area contributed by atoms with Crippen LogP contribution in [0.3, 0.4) is 0 Å². The SMILES string of the molecule is CCCCc1nc(=O)c2cc(C)ccc2n1Cc1ccc(-c2ccccc2-c2nn[nH]n2)cc1. The van der Waals surface area contributed by atoms with Gasteiger partial charge < -0.3 is 4.57 Å². The minimum absolute atomic E-state index is 0.144. The van der Waals surface area contributed by atoms with Gasteiger partial charge in [0, 0.05) is 18.5 Å². The fourth-order valence-electron chi connectivity index (χ4n) is 4.31. The Morgan fingerprint density at radius 1 is 0.971 bits per heavy atom. The Bertz CT molecular complexity index is 1490. The first-order valence-electron chi connectivity index (χ1n) is 11.6. The van der Waals surface area contributed by atoms with Crippen molar-refractivity contribution in [1.82, 2.24) is 30.2 Å². The quantitative estimate of drug-likeness (QED) is 0.379. The molecule has 3 aromatic carbocycles. The summed E-state index contributed by atoms with van der Waals surface area (Å²) in [5.41, 5.74) is 6.04. The van der Waals surface area contributed by atoms with Crippen molar-refractivity contribution in [1.29, 1.82) is 0 Å². The molecule has 0 atom stereocenters. The molecule has 0 saturated carbocycles. The van der Waals surface area contributed by atoms with E-state index in [2.05, 4.69) is 73.5 Å². The monoisotopic (exact) mass is 450 g/mol. The van der Waals surface area contributed by atoms with E-state index < -0.39 is 0 Å². The molecular formula is C27H26N6O. The Labute approximate surface area is 197 Å². The Morgan fingerprint density at radius 2 is 1.76 bits per heavy atom. The molecule has 0 spiro atoms. The number of aromatic nitrogens is 6. The van der Waals surface area contributed by atoms with Crippen molar-refractivity contribution in [3.05, 3.63) is 94.0 Å². The Hall–Kier alpha value is -4.13. The number of hydrogen-bond acceptors (Lipinski definition) is 5. The third-order valence-corrected chi connectivity index (χ3v) is 6.09. The van der Waals surface area contributed by atoms with E-state index in [0.717, 1.165) is 58.4 Å². The summed E-state index contributed by atoms with van der Waals surface area (Å²) >= 11 is 0. The smallest absolute Gasteiger partial charge is 0.280 e. The van der Waals surface area contributed by atoms with Gasteiger partial charge >= 0.3 is 0 Å². The van der Waals surface area contributed by atoms with Crippen LogP contribution in [0.4, 0.5) is 0 Å². The molecule has 0 amide bonds. The lowest BCUT2D eigenvalue weighted by Gasteiger charge is -2.17. The maximum Gasteiger partial charge on any atom is 0.280 e. The van der Waals surface area contributed by atoms with Gasteiger partial charge in [0.1, 0.15) is 5.82 Å². The summed E-state index contributed by atoms with van der Waals surface area (Å²) in [4.78, 5) is 17.2. The fourth-order valence-corrected chi connectivity index (χ4v) is 4.31. The van der Waals surface area contributed by atoms with E-state index in [4.69, 9.17) is 0 Å². The highest BCUT2D eigenvalue weighted by Gasteiger charge is 2.13. The maximum absolute atomic E-state index is 12.7. The molecular weight excluding hydrogens is 424 g/mol. The van der Waals surface area contributed by atoms with Crippen LogP contribution in [0, 0.1) is 6.92 Å². The van der Waals surface area contributed by atoms with E-state index in [1.807, 2.05) is 37.3 Å². The fraction of sp³-hybridized carbons (Fsp3) is 0.222. The van der Waals surface area contributed by atoms with E-state index in [0.29, 0.717) is 17.8 Å². The molecule has 34 heavy (non-hydrogen) atoms. The molecule has 170 valence electrons. The first-order valence-corrected chi connectivity index (χ1v) is 11.6. The van der Waals surface area contributed by atoms with Crippen LogP contribution in [0.5, 0.6) is 0 Å². The minimum Gasteiger partial charge on any atom is -0.325 e. The van der Waals surface area contributed by atoms with Gasteiger partial charge in [0.05, 0.1) is 10.9 Å². The topological polar surface area (TPSA) is 89.4 Å². The summed E-state index contributed by atoms with van der Waals surface area (Å²) in [7, 11) is 0. The van der Waals surface area contributed by atoms with Crippen LogP contribution in [0.1, 0.15) is 36.7 Å². The lowest BCUT2D eigenvalue weighted by Crippen LogP contribution is -2.20. The number of nitrogens with zero attached hydrogens (tertiary/aromatic N) is 5. The first-order chi connectivity index (χ1) is 16.6. The van der Waals surface area contributed by atoms with Crippen molar-refractivity contribution < 1.29 is 0 Å². The Balaban J connectivity index is 1.52. The van der Waals surface area contributed by atoms with Gasteiger partial charge in [0.25, 0.3) is 5.56 Å². The largest absolute Gasteiger partial charge is 0.325 e. The van der Waals surface area contributed by atoms with Gasteiger partial charge in [0.15, 0.2) is 0 Å². The number of nitrogens with one attached hydrogen (secondary N) is 1. The third kappa shape index (κ3) is 4.24. The summed E-state index contributed by atoms with van der Waals surface area (Å²) in [5, 5.41) is 15.2. The third-order valence-electron chi connectivity index (χ3n) is 6.09. The highest BCUT2D eigenvalue weighted by molar-refractivity contribution is 5.81. The van der Waals surface area contributed by atoms with Crippen LogP contribution in [-0.2, 0) is 13.0 Å². The molecule has 5 aromatic rings. The second-order valence-corrected chi connectivity index (χ2v) is 8.52. The van der Waals surface area contributed by atoms with E-state index in [1.54, 1.807) is 0 Å². The zero-order chi connectivity index (χ0) is 23.5. The summed E-state index contributed by atoms with van der Waals surface area (Å²) in [6.45, 7) is 4.80. The van der Waals surface area contributed by atoms with Crippen molar-refractivity contribution in [2.24, 2.45) is 0 Å². The number of fused-ring (bicyclic) bond motifs is 1. The van der Waals surface area contributed by atoms with Crippen molar-refractivity contribution in [2.45, 2.75) is 39.7 Å². The van der Waals surface area contributed by atoms with Crippen LogP contribution in [0.15, 0.2) is 71.5 Å². The number of H-pyrrole nitrogens is 1. The molecule has 7 heteroatoms. The average Bonchev–Trinajstić information content (AvgIpc) is 3.40. The molecule has 0 unspecified atom stereocenters. The van der Waals surface area contributed by atoms with Gasteiger partial charge in [-0.1, -0.05) is 73.5 Å². The summed E-state index contributed by atoms with van der Waals surface area (Å²) < 4.78 is 2.19. The van der Waals surface area contributed by atoms with E-state index in [9.17, 15) is 4.79 Å². The molecule has 0 aliphatic heterocycles. The van der Waals surface area contributed by atoms with Gasteiger partial charge in [-0.15, -0.1) is 10.2 Å². The Kier molecular flexibility index (Phi) is 5.99. The first kappa shape index (κ1) is 21.7. The van der Waals surface area contributed by atoms with Crippen LogP contribution in [0.2, 0.25) is 0 Å². The van der Waals surface area contributed by atoms with E-state index >= 15 is 0 Å². The molecule has 5 rings (SSSR count). The average molecular weight is 451 g/mol. The van der Waals surface area contributed by atoms with Gasteiger partial charge in [-0.25, -0.2) is 0 Å². The molecule has 0 radical (unpaired) electrons. The number of tetrazole rings is 1. The number of aryl methyl sites for hydroxylation is 2. The van der Waals surface area contributed by atoms with Crippen molar-refractivity contribution >= 4 is 10.9 Å². The highest BCUT2D eigenvalue weighted by atomic mass is 16.1. The number of aromatic amines is 1. The zero-order valence-electron chi connectivity index (χ0n) is 19.3. The predicted molar refractivity (Wildman–Crippen MR) is 134 cm³/mol. The van der Waals surface area contributed by atoms with Gasteiger partial charge in [0.2, 0.25) is 5.82 Å². The van der Waals surface area contributed by atoms with Gasteiger partial charge in [-0.2, -0.15) is 10.2 Å². The van der Waals surface area contributed by atoms with E-state index in [-0.39, 0.29) is 5.56 Å². The zero-order valence-corrected chi connectivity index (χ0v) is 19.3. The van der Waals surface area contributed by atoms with Crippen LogP contribution < -0.4 is 5.56 Å². The summed E-state index contributed by atoms with van der Waals surface area (Å²) in [6, 6.07) is 22.5. The van der Waals surface area contributed by atoms with Gasteiger partial charge in [-0.05, 0) is 47.4 Å². The van der Waals surface area contributed by atoms with Gasteiger partial charge in [-0.3, -0.25) is 4.79 Å². The lowest BCUT2D eigenvalue weighted by molar-refractivity contribution is 0.669. The van der Waals surface area contributed by atoms with E-state index in [1.165, 1.54) is 0 Å². The molecule has 7 nitrogen and oxygen atoms in total. The molecule has 0 fully saturated rings. The van der Waals surface area contributed by atoms with Crippen molar-refractivity contribution in [3.63, 3.8) is 0 Å². The summed E-state index contributed by atoms with van der Waals surface area (Å²) in [5.74, 6) is 1.41. The van der Waals surface area contributed by atoms with Crippen LogP contribution in [0.25, 0.3) is 33.4 Å². The van der Waals surface area contributed by atoms with Crippen molar-refractivity contribution in [2.75, 3.05) is 0 Å². The number of benzene rings is 3. The van der Waals surface area contributed by atoms with Crippen LogP contribution >= 0.6 is 0 Å². The maximum atomic E-state index is 12.7. The Morgan fingerprint density at radius 3 is 2.50 bits per heavy atom. The number of unbranched alkanes of at least 4 members (excludes halogenated alkanes) is 1. The number of rotatable bonds is 7. The molecule has 2 heterocycles. The molecule has 0 aliphatic rings. The standard InChI is InChI=1S/C27H26N6O/c1-3-4-9-25-28-27(34)23-16-18(2)10-15-24(23)33(25)17-19-11-13-20(14-12-19)21-7-5-6-8-22(21)26-29-31-32-30-26/h5-8,10-16H,3-4,9,17H2,1-2H3,(H,29,30,31,32). The van der Waals surface area contributed by atoms with Crippen LogP contribution in [-0.4, -0.2) is 30.2 Å². The highest BCUT2D eigenvalue weighted by Crippen LogP contribution is 2.30. The second kappa shape index (κ2) is 9.39. The predicted octanol–water partition coefficient (Wildman–Crippen LogP) is 4.94. The molecule has 0 saturated heterocycles. The molecule has 1 N–H and O–H groups in total. The summed E-state index contributed by atoms with van der Waals surface area (Å²) in [6.07, 6.45) is 2.83. The number of hydrogen-bond donors (Lipinski definition) is 1. The molecule has 0 aliphatic carbocycles. The molecule has 0 bridgehead atoms. The molecule has 2 aromatic heterocycles. The minimum atomic E-state index is -0.144. The normalized spacial score (nSPS) is 11.2. The van der Waals surface area contributed by atoms with Crippen molar-refractivity contribution in [3.8, 4) is 22.5 Å². The second-order valence-electron chi connectivity index (χ2n) is 8.52. The lowest BCUT2D eigenvalue weighted by atomic mass is 9.98.